The van der Waals surface area contributed by atoms with Gasteiger partial charge in [-0.3, -0.25) is 9.69 Å². The summed E-state index contributed by atoms with van der Waals surface area (Å²) in [6, 6.07) is 10.2. The monoisotopic (exact) mass is 221 g/mol. The lowest BCUT2D eigenvalue weighted by molar-refractivity contribution is -0.138. The molecule has 3 nitrogen and oxygen atoms in total. The van der Waals surface area contributed by atoms with Gasteiger partial charge in [-0.25, -0.2) is 0 Å². The van der Waals surface area contributed by atoms with Gasteiger partial charge < -0.3 is 5.11 Å². The largest absolute Gasteiger partial charge is 0.481 e. The molecule has 1 atom stereocenters. The highest BCUT2D eigenvalue weighted by Crippen LogP contribution is 2.11. The number of carboxylic acids is 1. The van der Waals surface area contributed by atoms with Crippen LogP contribution in [0.4, 0.5) is 0 Å². The topological polar surface area (TPSA) is 40.5 Å². The predicted octanol–water partition coefficient (Wildman–Crippen LogP) is 2.37. The molecule has 16 heavy (non-hydrogen) atoms. The van der Waals surface area contributed by atoms with E-state index in [0.29, 0.717) is 0 Å². The van der Waals surface area contributed by atoms with Crippen molar-refractivity contribution in [3.8, 4) is 0 Å². The van der Waals surface area contributed by atoms with E-state index in [1.165, 1.54) is 5.56 Å². The Morgan fingerprint density at radius 1 is 1.38 bits per heavy atom. The second-order valence-electron chi connectivity index (χ2n) is 4.06. The highest BCUT2D eigenvalue weighted by molar-refractivity contribution is 5.67. The minimum atomic E-state index is -0.730. The van der Waals surface area contributed by atoms with E-state index >= 15 is 0 Å². The van der Waals surface area contributed by atoms with E-state index in [-0.39, 0.29) is 12.5 Å². The number of rotatable bonds is 6. The molecular weight excluding hydrogens is 202 g/mol. The number of nitrogens with zero attached hydrogens (tertiary/aromatic N) is 1. The molecular formula is C13H19NO2. The molecule has 0 saturated heterocycles. The molecule has 1 aromatic rings. The van der Waals surface area contributed by atoms with Crippen LogP contribution in [0.15, 0.2) is 30.3 Å². The van der Waals surface area contributed by atoms with Crippen LogP contribution in [0.2, 0.25) is 0 Å². The average molecular weight is 221 g/mol. The van der Waals surface area contributed by atoms with Crippen molar-refractivity contribution in [2.45, 2.75) is 32.4 Å². The first kappa shape index (κ1) is 12.7. The third kappa shape index (κ3) is 4.03. The maximum absolute atomic E-state index is 10.7. The summed E-state index contributed by atoms with van der Waals surface area (Å²) >= 11 is 0. The Bertz CT molecular complexity index is 324. The van der Waals surface area contributed by atoms with Gasteiger partial charge in [-0.05, 0) is 19.0 Å². The van der Waals surface area contributed by atoms with E-state index in [1.54, 1.807) is 0 Å². The molecule has 0 aliphatic rings. The van der Waals surface area contributed by atoms with Crippen molar-refractivity contribution in [1.82, 2.24) is 4.90 Å². The van der Waals surface area contributed by atoms with Crippen molar-refractivity contribution in [3.63, 3.8) is 0 Å². The van der Waals surface area contributed by atoms with Gasteiger partial charge in [0.2, 0.25) is 0 Å². The van der Waals surface area contributed by atoms with Crippen molar-refractivity contribution < 1.29 is 9.90 Å². The first-order valence-corrected chi connectivity index (χ1v) is 5.59. The Labute approximate surface area is 96.7 Å². The number of hydrogen-bond donors (Lipinski definition) is 1. The molecule has 1 rings (SSSR count). The fourth-order valence-corrected chi connectivity index (χ4v) is 1.81. The molecule has 1 aromatic carbocycles. The van der Waals surface area contributed by atoms with Crippen LogP contribution in [0.25, 0.3) is 0 Å². The summed E-state index contributed by atoms with van der Waals surface area (Å²) in [5.41, 5.74) is 1.22. The summed E-state index contributed by atoms with van der Waals surface area (Å²) < 4.78 is 0. The second-order valence-corrected chi connectivity index (χ2v) is 4.06. The van der Waals surface area contributed by atoms with Crippen molar-refractivity contribution in [2.24, 2.45) is 0 Å². The van der Waals surface area contributed by atoms with Gasteiger partial charge in [0.1, 0.15) is 0 Å². The molecule has 0 bridgehead atoms. The summed E-state index contributed by atoms with van der Waals surface area (Å²) in [7, 11) is 1.98. The third-order valence-electron chi connectivity index (χ3n) is 2.78. The molecule has 1 N–H and O–H groups in total. The van der Waals surface area contributed by atoms with Crippen LogP contribution in [0, 0.1) is 0 Å². The lowest BCUT2D eigenvalue weighted by Gasteiger charge is -2.25. The molecule has 0 amide bonds. The van der Waals surface area contributed by atoms with Gasteiger partial charge in [-0.15, -0.1) is 0 Å². The molecule has 88 valence electrons. The van der Waals surface area contributed by atoms with Crippen LogP contribution < -0.4 is 0 Å². The molecule has 0 aliphatic heterocycles. The van der Waals surface area contributed by atoms with Crippen LogP contribution in [0.1, 0.15) is 25.3 Å². The van der Waals surface area contributed by atoms with Crippen LogP contribution >= 0.6 is 0 Å². The third-order valence-corrected chi connectivity index (χ3v) is 2.78. The zero-order valence-electron chi connectivity index (χ0n) is 9.89. The van der Waals surface area contributed by atoms with Crippen LogP contribution in [0.3, 0.4) is 0 Å². The van der Waals surface area contributed by atoms with Gasteiger partial charge in [0.15, 0.2) is 0 Å². The lowest BCUT2D eigenvalue weighted by Crippen LogP contribution is -2.32. The quantitative estimate of drug-likeness (QED) is 0.801. The first-order valence-electron chi connectivity index (χ1n) is 5.59. The van der Waals surface area contributed by atoms with E-state index in [1.807, 2.05) is 32.2 Å². The zero-order chi connectivity index (χ0) is 12.0. The highest BCUT2D eigenvalue weighted by atomic mass is 16.4. The van der Waals surface area contributed by atoms with Crippen molar-refractivity contribution in [2.75, 3.05) is 7.05 Å². The second kappa shape index (κ2) is 6.28. The summed E-state index contributed by atoms with van der Waals surface area (Å²) in [5.74, 6) is -0.730. The Hall–Kier alpha value is -1.35. The normalized spacial score (nSPS) is 12.7. The molecule has 0 radical (unpaired) electrons. The van der Waals surface area contributed by atoms with Gasteiger partial charge in [-0.2, -0.15) is 0 Å². The maximum atomic E-state index is 10.7. The summed E-state index contributed by atoms with van der Waals surface area (Å²) in [6.07, 6.45) is 1.06. The van der Waals surface area contributed by atoms with Gasteiger partial charge in [0.05, 0.1) is 6.42 Å². The number of benzene rings is 1. The Kier molecular flexibility index (Phi) is 4.99. The minimum Gasteiger partial charge on any atom is -0.481 e. The molecule has 1 unspecified atom stereocenters. The van der Waals surface area contributed by atoms with E-state index in [9.17, 15) is 4.79 Å². The Morgan fingerprint density at radius 2 is 2.00 bits per heavy atom. The molecule has 0 spiro atoms. The highest BCUT2D eigenvalue weighted by Gasteiger charge is 2.16. The first-order chi connectivity index (χ1) is 7.63. The fourth-order valence-electron chi connectivity index (χ4n) is 1.81. The average Bonchev–Trinajstić information content (AvgIpc) is 2.26. The molecule has 0 aromatic heterocycles. The predicted molar refractivity (Wildman–Crippen MR) is 64.2 cm³/mol. The number of aliphatic carboxylic acids is 1. The van der Waals surface area contributed by atoms with Crippen LogP contribution in [-0.2, 0) is 11.3 Å². The minimum absolute atomic E-state index is 0.109. The Morgan fingerprint density at radius 3 is 2.50 bits per heavy atom. The Balaban J connectivity index is 2.55. The van der Waals surface area contributed by atoms with E-state index < -0.39 is 5.97 Å². The summed E-state index contributed by atoms with van der Waals surface area (Å²) in [4.78, 5) is 12.8. The van der Waals surface area contributed by atoms with Gasteiger partial charge in [0, 0.05) is 12.6 Å². The van der Waals surface area contributed by atoms with Crippen molar-refractivity contribution in [3.05, 3.63) is 35.9 Å². The molecule has 3 heteroatoms. The van der Waals surface area contributed by atoms with E-state index in [0.717, 1.165) is 13.0 Å². The summed E-state index contributed by atoms with van der Waals surface area (Å²) in [6.45, 7) is 2.82. The molecule has 0 fully saturated rings. The van der Waals surface area contributed by atoms with Crippen molar-refractivity contribution >= 4 is 5.97 Å². The lowest BCUT2D eigenvalue weighted by atomic mass is 10.1. The molecule has 0 aliphatic carbocycles. The van der Waals surface area contributed by atoms with Gasteiger partial charge in [0.25, 0.3) is 0 Å². The van der Waals surface area contributed by atoms with Gasteiger partial charge >= 0.3 is 5.97 Å². The summed E-state index contributed by atoms with van der Waals surface area (Å²) in [5, 5.41) is 8.80. The standard InChI is InChI=1S/C13H19NO2/c1-3-12(9-13(15)16)14(2)10-11-7-5-4-6-8-11/h4-8,12H,3,9-10H2,1-2H3,(H,15,16). The zero-order valence-corrected chi connectivity index (χ0v) is 9.89. The van der Waals surface area contributed by atoms with Crippen molar-refractivity contribution in [1.29, 1.82) is 0 Å². The number of carbonyl (C=O) groups is 1. The number of hydrogen-bond acceptors (Lipinski definition) is 2. The fraction of sp³-hybridized carbons (Fsp3) is 0.462. The smallest absolute Gasteiger partial charge is 0.304 e. The van der Waals surface area contributed by atoms with E-state index in [4.69, 9.17) is 5.11 Å². The SMILES string of the molecule is CCC(CC(=O)O)N(C)Cc1ccccc1. The van der Waals surface area contributed by atoms with Gasteiger partial charge in [-0.1, -0.05) is 37.3 Å². The van der Waals surface area contributed by atoms with Crippen LogP contribution in [0.5, 0.6) is 0 Å². The molecule has 0 saturated carbocycles. The van der Waals surface area contributed by atoms with Crippen LogP contribution in [-0.4, -0.2) is 29.1 Å². The maximum Gasteiger partial charge on any atom is 0.304 e. The molecule has 0 heterocycles. The number of carboxylic acid groups (broad SMARTS) is 1. The van der Waals surface area contributed by atoms with E-state index in [2.05, 4.69) is 17.0 Å².